The van der Waals surface area contributed by atoms with Gasteiger partial charge in [-0.25, -0.2) is 14.1 Å². The Morgan fingerprint density at radius 1 is 1.18 bits per heavy atom. The van der Waals surface area contributed by atoms with Crippen LogP contribution < -0.4 is 5.32 Å². The molecule has 0 saturated heterocycles. The number of carbonyl (C=O) groups is 1. The van der Waals surface area contributed by atoms with Crippen molar-refractivity contribution in [3.05, 3.63) is 90.0 Å². The number of aryl methyl sites for hydroxylation is 1. The molecule has 1 amide bonds. The summed E-state index contributed by atoms with van der Waals surface area (Å²) in [5.74, 6) is -0.264. The van der Waals surface area contributed by atoms with Crippen molar-refractivity contribution in [1.29, 1.82) is 0 Å². The SMILES string of the molecule is Cn1ccnc1[C@H](NC(=O)c1cccc(-n2cnnn2)c1)c1ccccc1F. The smallest absolute Gasteiger partial charge is 0.252 e. The van der Waals surface area contributed by atoms with Crippen molar-refractivity contribution >= 4 is 5.91 Å². The standard InChI is InChI=1S/C19H16FN7O/c1-26-10-9-21-18(26)17(15-7-2-3-8-16(15)20)23-19(28)13-5-4-6-14(11-13)27-12-22-24-25-27/h2-12,17H,1H3,(H,23,28)/t17-/m1/s1. The van der Waals surface area contributed by atoms with Gasteiger partial charge in [-0.05, 0) is 34.7 Å². The van der Waals surface area contributed by atoms with Crippen molar-refractivity contribution in [1.82, 2.24) is 35.1 Å². The highest BCUT2D eigenvalue weighted by atomic mass is 19.1. The fraction of sp³-hybridized carbons (Fsp3) is 0.105. The van der Waals surface area contributed by atoms with Crippen LogP contribution in [0.25, 0.3) is 5.69 Å². The molecule has 0 bridgehead atoms. The average molecular weight is 377 g/mol. The van der Waals surface area contributed by atoms with Gasteiger partial charge >= 0.3 is 0 Å². The second kappa shape index (κ2) is 7.39. The molecule has 0 unspecified atom stereocenters. The minimum absolute atomic E-state index is 0.335. The molecular weight excluding hydrogens is 361 g/mol. The molecule has 0 spiro atoms. The third kappa shape index (κ3) is 3.37. The Bertz CT molecular complexity index is 1110. The van der Waals surface area contributed by atoms with E-state index in [2.05, 4.69) is 25.8 Å². The van der Waals surface area contributed by atoms with Gasteiger partial charge in [-0.2, -0.15) is 0 Å². The highest BCUT2D eigenvalue weighted by molar-refractivity contribution is 5.95. The number of hydrogen-bond donors (Lipinski definition) is 1. The largest absolute Gasteiger partial charge is 0.338 e. The first-order valence-electron chi connectivity index (χ1n) is 8.49. The van der Waals surface area contributed by atoms with Crippen molar-refractivity contribution in [3.63, 3.8) is 0 Å². The fourth-order valence-corrected chi connectivity index (χ4v) is 2.93. The molecule has 8 nitrogen and oxygen atoms in total. The van der Waals surface area contributed by atoms with Gasteiger partial charge in [-0.3, -0.25) is 4.79 Å². The van der Waals surface area contributed by atoms with E-state index in [1.165, 1.54) is 17.1 Å². The van der Waals surface area contributed by atoms with Crippen LogP contribution in [0, 0.1) is 5.82 Å². The number of nitrogens with one attached hydrogen (secondary N) is 1. The summed E-state index contributed by atoms with van der Waals surface area (Å²) in [4.78, 5) is 17.2. The van der Waals surface area contributed by atoms with Crippen LogP contribution in [0.15, 0.2) is 67.3 Å². The van der Waals surface area contributed by atoms with Gasteiger partial charge in [0.05, 0.1) is 5.69 Å². The minimum Gasteiger partial charge on any atom is -0.338 e. The van der Waals surface area contributed by atoms with Gasteiger partial charge in [0.25, 0.3) is 5.91 Å². The van der Waals surface area contributed by atoms with Gasteiger partial charge < -0.3 is 9.88 Å². The van der Waals surface area contributed by atoms with E-state index in [9.17, 15) is 9.18 Å². The first-order valence-corrected chi connectivity index (χ1v) is 8.49. The molecule has 140 valence electrons. The van der Waals surface area contributed by atoms with E-state index in [-0.39, 0.29) is 5.91 Å². The number of aromatic nitrogens is 6. The van der Waals surface area contributed by atoms with Crippen molar-refractivity contribution < 1.29 is 9.18 Å². The van der Waals surface area contributed by atoms with Crippen LogP contribution in [0.3, 0.4) is 0 Å². The van der Waals surface area contributed by atoms with Crippen LogP contribution in [0.5, 0.6) is 0 Å². The van der Waals surface area contributed by atoms with Crippen LogP contribution in [-0.2, 0) is 7.05 Å². The number of nitrogens with zero attached hydrogens (tertiary/aromatic N) is 6. The Morgan fingerprint density at radius 2 is 2.04 bits per heavy atom. The Kier molecular flexibility index (Phi) is 4.63. The van der Waals surface area contributed by atoms with Crippen molar-refractivity contribution in [2.24, 2.45) is 7.05 Å². The number of rotatable bonds is 5. The predicted molar refractivity (Wildman–Crippen MR) is 98.1 cm³/mol. The maximum absolute atomic E-state index is 14.5. The Balaban J connectivity index is 1.68. The monoisotopic (exact) mass is 377 g/mol. The lowest BCUT2D eigenvalue weighted by molar-refractivity contribution is 0.0940. The molecule has 2 heterocycles. The predicted octanol–water partition coefficient (Wildman–Crippen LogP) is 2.05. The number of halogens is 1. The number of hydrogen-bond acceptors (Lipinski definition) is 5. The third-order valence-electron chi connectivity index (χ3n) is 4.33. The zero-order valence-corrected chi connectivity index (χ0v) is 14.9. The summed E-state index contributed by atoms with van der Waals surface area (Å²) in [7, 11) is 1.79. The lowest BCUT2D eigenvalue weighted by Gasteiger charge is -2.20. The van der Waals surface area contributed by atoms with E-state index < -0.39 is 11.9 Å². The molecule has 4 aromatic rings. The summed E-state index contributed by atoms with van der Waals surface area (Å²) in [5, 5.41) is 13.9. The highest BCUT2D eigenvalue weighted by Gasteiger charge is 2.24. The molecular formula is C19H16FN7O. The molecule has 4 rings (SSSR count). The Morgan fingerprint density at radius 3 is 2.75 bits per heavy atom. The Hall–Kier alpha value is -3.88. The lowest BCUT2D eigenvalue weighted by Crippen LogP contribution is -2.31. The first-order chi connectivity index (χ1) is 13.6. The summed E-state index contributed by atoms with van der Waals surface area (Å²) in [5.41, 5.74) is 1.36. The summed E-state index contributed by atoms with van der Waals surface area (Å²) in [6.07, 6.45) is 4.79. The zero-order valence-electron chi connectivity index (χ0n) is 14.9. The molecule has 0 aliphatic carbocycles. The maximum atomic E-state index is 14.5. The van der Waals surface area contributed by atoms with Crippen molar-refractivity contribution in [2.45, 2.75) is 6.04 Å². The molecule has 2 aromatic carbocycles. The van der Waals surface area contributed by atoms with Gasteiger partial charge in [0.2, 0.25) is 0 Å². The average Bonchev–Trinajstić information content (AvgIpc) is 3.39. The molecule has 0 aliphatic rings. The molecule has 0 fully saturated rings. The van der Waals surface area contributed by atoms with Gasteiger partial charge in [0.15, 0.2) is 0 Å². The second-order valence-electron chi connectivity index (χ2n) is 6.13. The van der Waals surface area contributed by atoms with Gasteiger partial charge in [0, 0.05) is 30.6 Å². The number of tetrazole rings is 1. The minimum atomic E-state index is -0.745. The van der Waals surface area contributed by atoms with Gasteiger partial charge in [-0.15, -0.1) is 5.10 Å². The van der Waals surface area contributed by atoms with Crippen LogP contribution in [-0.4, -0.2) is 35.7 Å². The van der Waals surface area contributed by atoms with E-state index >= 15 is 0 Å². The van der Waals surface area contributed by atoms with Crippen molar-refractivity contribution in [3.8, 4) is 5.69 Å². The van der Waals surface area contributed by atoms with Crippen LogP contribution >= 0.6 is 0 Å². The normalized spacial score (nSPS) is 11.9. The van der Waals surface area contributed by atoms with Crippen LogP contribution in [0.2, 0.25) is 0 Å². The van der Waals surface area contributed by atoms with Crippen molar-refractivity contribution in [2.75, 3.05) is 0 Å². The summed E-state index contributed by atoms with van der Waals surface area (Å²) < 4.78 is 17.6. The summed E-state index contributed by atoms with van der Waals surface area (Å²) in [6, 6.07) is 12.4. The molecule has 0 aliphatic heterocycles. The topological polar surface area (TPSA) is 90.5 Å². The van der Waals surface area contributed by atoms with Gasteiger partial charge in [0.1, 0.15) is 24.0 Å². The summed E-state index contributed by atoms with van der Waals surface area (Å²) >= 11 is 0. The van der Waals surface area contributed by atoms with Crippen LogP contribution in [0.1, 0.15) is 27.8 Å². The highest BCUT2D eigenvalue weighted by Crippen LogP contribution is 2.23. The summed E-state index contributed by atoms with van der Waals surface area (Å²) in [6.45, 7) is 0. The molecule has 1 N–H and O–H groups in total. The van der Waals surface area contributed by atoms with E-state index in [0.29, 0.717) is 22.6 Å². The van der Waals surface area contributed by atoms with E-state index in [1.54, 1.807) is 66.5 Å². The fourth-order valence-electron chi connectivity index (χ4n) is 2.93. The molecule has 0 radical (unpaired) electrons. The maximum Gasteiger partial charge on any atom is 0.252 e. The number of benzene rings is 2. The number of carbonyl (C=O) groups excluding carboxylic acids is 1. The zero-order chi connectivity index (χ0) is 19.5. The number of imidazole rings is 1. The van der Waals surface area contributed by atoms with Gasteiger partial charge in [-0.1, -0.05) is 24.3 Å². The quantitative estimate of drug-likeness (QED) is 0.575. The molecule has 2 aromatic heterocycles. The molecule has 28 heavy (non-hydrogen) atoms. The van der Waals surface area contributed by atoms with E-state index in [4.69, 9.17) is 0 Å². The van der Waals surface area contributed by atoms with Crippen LogP contribution in [0.4, 0.5) is 4.39 Å². The number of amides is 1. The lowest BCUT2D eigenvalue weighted by atomic mass is 10.0. The third-order valence-corrected chi connectivity index (χ3v) is 4.33. The first kappa shape index (κ1) is 17.5. The second-order valence-corrected chi connectivity index (χ2v) is 6.13. The van der Waals surface area contributed by atoms with E-state index in [1.807, 2.05) is 0 Å². The molecule has 9 heteroatoms. The molecule has 0 saturated carbocycles. The van der Waals surface area contributed by atoms with E-state index in [0.717, 1.165) is 0 Å². The Labute approximate surface area is 159 Å². The molecule has 1 atom stereocenters.